The molecule has 0 spiro atoms. The fourth-order valence-electron chi connectivity index (χ4n) is 4.18. The van der Waals surface area contributed by atoms with E-state index in [4.69, 9.17) is 0 Å². The van der Waals surface area contributed by atoms with Gasteiger partial charge in [-0.1, -0.05) is 26.0 Å². The van der Waals surface area contributed by atoms with Crippen LogP contribution in [0.1, 0.15) is 39.2 Å². The van der Waals surface area contributed by atoms with Gasteiger partial charge in [0.15, 0.2) is 5.96 Å². The first-order valence-electron chi connectivity index (χ1n) is 11.8. The van der Waals surface area contributed by atoms with Gasteiger partial charge in [-0.15, -0.1) is 0 Å². The normalized spacial score (nSPS) is 18.7. The van der Waals surface area contributed by atoms with Crippen LogP contribution in [0, 0.1) is 5.92 Å². The Morgan fingerprint density at radius 3 is 2.12 bits per heavy atom. The lowest BCUT2D eigenvalue weighted by Crippen LogP contribution is -2.57. The lowest BCUT2D eigenvalue weighted by Gasteiger charge is -2.39. The summed E-state index contributed by atoms with van der Waals surface area (Å²) >= 11 is 0. The van der Waals surface area contributed by atoms with Gasteiger partial charge in [0, 0.05) is 64.5 Å². The standard InChI is InChI=1S/C24H38N6O2/c1-18(2)22(31)27-21-9-7-20(8-10-21)17-26-24(25-4)30-15-13-28(14-16-30)19(3)23(32)29-11-5-6-12-29/h7-10,18-19H,5-6,11-17H2,1-4H3,(H,25,26)(H,27,31). The molecular formula is C24H38N6O2. The Morgan fingerprint density at radius 2 is 1.56 bits per heavy atom. The van der Waals surface area contributed by atoms with Crippen molar-refractivity contribution in [2.75, 3.05) is 51.6 Å². The highest BCUT2D eigenvalue weighted by Gasteiger charge is 2.30. The van der Waals surface area contributed by atoms with E-state index in [9.17, 15) is 9.59 Å². The highest BCUT2D eigenvalue weighted by Crippen LogP contribution is 2.15. The Morgan fingerprint density at radius 1 is 0.938 bits per heavy atom. The maximum absolute atomic E-state index is 12.7. The van der Waals surface area contributed by atoms with E-state index in [1.807, 2.05) is 49.9 Å². The third kappa shape index (κ3) is 6.22. The molecule has 2 aliphatic heterocycles. The molecule has 2 saturated heterocycles. The van der Waals surface area contributed by atoms with Gasteiger partial charge in [-0.05, 0) is 37.5 Å². The third-order valence-electron chi connectivity index (χ3n) is 6.34. The number of aliphatic imine (C=N–C) groups is 1. The van der Waals surface area contributed by atoms with E-state index in [0.29, 0.717) is 6.54 Å². The Bertz CT molecular complexity index is 793. The van der Waals surface area contributed by atoms with Crippen molar-refractivity contribution in [1.29, 1.82) is 0 Å². The van der Waals surface area contributed by atoms with Gasteiger partial charge in [0.2, 0.25) is 11.8 Å². The van der Waals surface area contributed by atoms with Crippen LogP contribution in [0.4, 0.5) is 5.69 Å². The molecule has 2 N–H and O–H groups in total. The highest BCUT2D eigenvalue weighted by molar-refractivity contribution is 5.92. The molecule has 0 bridgehead atoms. The van der Waals surface area contributed by atoms with Gasteiger partial charge in [0.1, 0.15) is 0 Å². The number of amides is 2. The van der Waals surface area contributed by atoms with Gasteiger partial charge < -0.3 is 20.4 Å². The summed E-state index contributed by atoms with van der Waals surface area (Å²) in [7, 11) is 1.80. The van der Waals surface area contributed by atoms with E-state index in [1.165, 1.54) is 0 Å². The van der Waals surface area contributed by atoms with Gasteiger partial charge in [-0.3, -0.25) is 19.5 Å². The molecule has 3 rings (SSSR count). The summed E-state index contributed by atoms with van der Waals surface area (Å²) < 4.78 is 0. The number of carbonyl (C=O) groups is 2. The summed E-state index contributed by atoms with van der Waals surface area (Å²) in [4.78, 5) is 35.5. The lowest BCUT2D eigenvalue weighted by molar-refractivity contribution is -0.135. The Labute approximate surface area is 192 Å². The van der Waals surface area contributed by atoms with Crippen molar-refractivity contribution in [3.05, 3.63) is 29.8 Å². The minimum Gasteiger partial charge on any atom is -0.352 e. The van der Waals surface area contributed by atoms with Crippen molar-refractivity contribution in [2.45, 2.75) is 46.2 Å². The van der Waals surface area contributed by atoms with Crippen molar-refractivity contribution >= 4 is 23.5 Å². The second-order valence-electron chi connectivity index (χ2n) is 8.97. The molecule has 0 radical (unpaired) electrons. The number of benzene rings is 1. The van der Waals surface area contributed by atoms with Gasteiger partial charge in [-0.25, -0.2) is 0 Å². The summed E-state index contributed by atoms with van der Waals surface area (Å²) in [5.41, 5.74) is 1.93. The minimum atomic E-state index is -0.0556. The van der Waals surface area contributed by atoms with Crippen LogP contribution < -0.4 is 10.6 Å². The number of piperazine rings is 1. The van der Waals surface area contributed by atoms with Crippen LogP contribution in [-0.2, 0) is 16.1 Å². The summed E-state index contributed by atoms with van der Waals surface area (Å²) in [5.74, 6) is 1.13. The largest absolute Gasteiger partial charge is 0.352 e. The van der Waals surface area contributed by atoms with Crippen LogP contribution in [0.3, 0.4) is 0 Å². The minimum absolute atomic E-state index is 0.0202. The number of carbonyl (C=O) groups excluding carboxylic acids is 2. The Kier molecular flexibility index (Phi) is 8.50. The van der Waals surface area contributed by atoms with Crippen LogP contribution in [-0.4, -0.2) is 84.8 Å². The quantitative estimate of drug-likeness (QED) is 0.520. The summed E-state index contributed by atoms with van der Waals surface area (Å²) in [6.45, 7) is 11.7. The smallest absolute Gasteiger partial charge is 0.239 e. The van der Waals surface area contributed by atoms with Crippen LogP contribution in [0.25, 0.3) is 0 Å². The summed E-state index contributed by atoms with van der Waals surface area (Å²) in [5, 5.41) is 6.35. The summed E-state index contributed by atoms with van der Waals surface area (Å²) in [6.07, 6.45) is 2.26. The lowest BCUT2D eigenvalue weighted by atomic mass is 10.1. The molecule has 32 heavy (non-hydrogen) atoms. The van der Waals surface area contributed by atoms with Crippen molar-refractivity contribution in [1.82, 2.24) is 20.0 Å². The molecule has 2 aliphatic rings. The fraction of sp³-hybridized carbons (Fsp3) is 0.625. The SMILES string of the molecule is CN=C(NCc1ccc(NC(=O)C(C)C)cc1)N1CCN(C(C)C(=O)N2CCCC2)CC1. The topological polar surface area (TPSA) is 80.3 Å². The molecule has 1 atom stereocenters. The second-order valence-corrected chi connectivity index (χ2v) is 8.97. The van der Waals surface area contributed by atoms with E-state index in [1.54, 1.807) is 7.05 Å². The fourth-order valence-corrected chi connectivity index (χ4v) is 4.18. The molecular weight excluding hydrogens is 404 g/mol. The zero-order valence-corrected chi connectivity index (χ0v) is 19.9. The average Bonchev–Trinajstić information content (AvgIpc) is 3.35. The molecule has 0 aliphatic carbocycles. The van der Waals surface area contributed by atoms with E-state index in [0.717, 1.165) is 69.3 Å². The first kappa shape index (κ1) is 24.0. The maximum Gasteiger partial charge on any atom is 0.239 e. The number of hydrogen-bond donors (Lipinski definition) is 2. The van der Waals surface area contributed by atoms with Crippen molar-refractivity contribution < 1.29 is 9.59 Å². The van der Waals surface area contributed by atoms with Crippen LogP contribution >= 0.6 is 0 Å². The molecule has 2 amide bonds. The monoisotopic (exact) mass is 442 g/mol. The number of nitrogens with one attached hydrogen (secondary N) is 2. The first-order chi connectivity index (χ1) is 15.4. The predicted octanol–water partition coefficient (Wildman–Crippen LogP) is 1.99. The number of likely N-dealkylation sites (tertiary alicyclic amines) is 1. The van der Waals surface area contributed by atoms with E-state index < -0.39 is 0 Å². The molecule has 1 unspecified atom stereocenters. The molecule has 1 aromatic carbocycles. The predicted molar refractivity (Wildman–Crippen MR) is 129 cm³/mol. The van der Waals surface area contributed by atoms with E-state index in [2.05, 4.69) is 25.4 Å². The second kappa shape index (κ2) is 11.3. The molecule has 176 valence electrons. The molecule has 8 heteroatoms. The highest BCUT2D eigenvalue weighted by atomic mass is 16.2. The Balaban J connectivity index is 1.45. The first-order valence-corrected chi connectivity index (χ1v) is 11.8. The Hall–Kier alpha value is -2.61. The van der Waals surface area contributed by atoms with Crippen molar-refractivity contribution in [3.63, 3.8) is 0 Å². The third-order valence-corrected chi connectivity index (χ3v) is 6.34. The molecule has 2 fully saturated rings. The zero-order valence-electron chi connectivity index (χ0n) is 19.9. The summed E-state index contributed by atoms with van der Waals surface area (Å²) in [6, 6.07) is 7.83. The number of anilines is 1. The van der Waals surface area contributed by atoms with E-state index in [-0.39, 0.29) is 23.8 Å². The molecule has 0 saturated carbocycles. The molecule has 1 aromatic rings. The number of guanidine groups is 1. The van der Waals surface area contributed by atoms with Gasteiger partial charge in [0.05, 0.1) is 6.04 Å². The number of nitrogens with zero attached hydrogens (tertiary/aromatic N) is 4. The molecule has 0 aromatic heterocycles. The van der Waals surface area contributed by atoms with Crippen molar-refractivity contribution in [3.8, 4) is 0 Å². The van der Waals surface area contributed by atoms with Gasteiger partial charge >= 0.3 is 0 Å². The molecule has 2 heterocycles. The van der Waals surface area contributed by atoms with Crippen LogP contribution in [0.15, 0.2) is 29.3 Å². The average molecular weight is 443 g/mol. The van der Waals surface area contributed by atoms with E-state index >= 15 is 0 Å². The van der Waals surface area contributed by atoms with Crippen LogP contribution in [0.2, 0.25) is 0 Å². The zero-order chi connectivity index (χ0) is 23.1. The van der Waals surface area contributed by atoms with Gasteiger partial charge in [0.25, 0.3) is 0 Å². The van der Waals surface area contributed by atoms with Crippen LogP contribution in [0.5, 0.6) is 0 Å². The van der Waals surface area contributed by atoms with Crippen molar-refractivity contribution in [2.24, 2.45) is 10.9 Å². The maximum atomic E-state index is 12.7. The number of hydrogen-bond acceptors (Lipinski definition) is 4. The molecule has 8 nitrogen and oxygen atoms in total. The van der Waals surface area contributed by atoms with Gasteiger partial charge in [-0.2, -0.15) is 0 Å². The number of rotatable bonds is 6.